The first-order chi connectivity index (χ1) is 7.20. The van der Waals surface area contributed by atoms with Crippen molar-refractivity contribution in [2.45, 2.75) is 45.2 Å². The minimum absolute atomic E-state index is 0.0953. The van der Waals surface area contributed by atoms with Gasteiger partial charge in [-0.3, -0.25) is 9.69 Å². The summed E-state index contributed by atoms with van der Waals surface area (Å²) in [5.41, 5.74) is 5.68. The van der Waals surface area contributed by atoms with Gasteiger partial charge in [0.05, 0.1) is 0 Å². The Kier molecular flexibility index (Phi) is 5.05. The molecule has 0 bridgehead atoms. The zero-order valence-electron chi connectivity index (χ0n) is 9.83. The van der Waals surface area contributed by atoms with Crippen molar-refractivity contribution in [2.24, 2.45) is 5.73 Å². The molecule has 2 atom stereocenters. The molecule has 2 unspecified atom stereocenters. The van der Waals surface area contributed by atoms with Crippen LogP contribution in [0.1, 0.15) is 33.1 Å². The van der Waals surface area contributed by atoms with Crippen LogP contribution in [0.4, 0.5) is 0 Å². The molecule has 1 saturated heterocycles. The molecule has 3 N–H and O–H groups in total. The average Bonchev–Trinajstić information content (AvgIpc) is 2.35. The molecule has 1 rings (SSSR count). The van der Waals surface area contributed by atoms with Gasteiger partial charge in [0.15, 0.2) is 0 Å². The van der Waals surface area contributed by atoms with E-state index in [2.05, 4.69) is 24.1 Å². The van der Waals surface area contributed by atoms with Crippen LogP contribution in [0, 0.1) is 0 Å². The minimum Gasteiger partial charge on any atom is -0.355 e. The van der Waals surface area contributed by atoms with E-state index in [1.807, 2.05) is 0 Å². The lowest BCUT2D eigenvalue weighted by molar-refractivity contribution is -0.125. The van der Waals surface area contributed by atoms with Gasteiger partial charge in [0.2, 0.25) is 5.91 Å². The van der Waals surface area contributed by atoms with Gasteiger partial charge in [0.1, 0.15) is 6.04 Å². The van der Waals surface area contributed by atoms with Crippen molar-refractivity contribution in [3.63, 3.8) is 0 Å². The maximum absolute atomic E-state index is 11.7. The molecule has 1 heterocycles. The number of unbranched alkanes of at least 4 members (excludes halogenated alkanes) is 1. The minimum atomic E-state index is -0.131. The number of amides is 1. The summed E-state index contributed by atoms with van der Waals surface area (Å²) < 4.78 is 0. The number of rotatable bonds is 4. The molecule has 0 aromatic rings. The van der Waals surface area contributed by atoms with Crippen molar-refractivity contribution in [3.8, 4) is 0 Å². The number of nitrogens with zero attached hydrogens (tertiary/aromatic N) is 1. The third-order valence-electron chi connectivity index (χ3n) is 3.12. The molecule has 0 aliphatic carbocycles. The van der Waals surface area contributed by atoms with Crippen LogP contribution in [0.3, 0.4) is 0 Å². The summed E-state index contributed by atoms with van der Waals surface area (Å²) in [4.78, 5) is 14.0. The molecule has 4 nitrogen and oxygen atoms in total. The molecule has 88 valence electrons. The molecule has 0 radical (unpaired) electrons. The Labute approximate surface area is 92.2 Å². The van der Waals surface area contributed by atoms with Crippen LogP contribution in [-0.2, 0) is 4.79 Å². The van der Waals surface area contributed by atoms with E-state index in [1.165, 1.54) is 0 Å². The molecule has 0 spiro atoms. The van der Waals surface area contributed by atoms with Gasteiger partial charge < -0.3 is 11.1 Å². The van der Waals surface area contributed by atoms with E-state index >= 15 is 0 Å². The third-order valence-corrected chi connectivity index (χ3v) is 3.12. The predicted molar refractivity (Wildman–Crippen MR) is 61.5 cm³/mol. The maximum Gasteiger partial charge on any atom is 0.238 e. The number of hydrogen-bond acceptors (Lipinski definition) is 3. The smallest absolute Gasteiger partial charge is 0.238 e. The Bertz CT molecular complexity index is 208. The van der Waals surface area contributed by atoms with Crippen molar-refractivity contribution in [2.75, 3.05) is 19.6 Å². The van der Waals surface area contributed by atoms with Crippen molar-refractivity contribution in [1.29, 1.82) is 0 Å². The normalized spacial score (nSPS) is 28.6. The summed E-state index contributed by atoms with van der Waals surface area (Å²) in [5.74, 6) is 0.0953. The van der Waals surface area contributed by atoms with Crippen LogP contribution in [0.25, 0.3) is 0 Å². The number of nitrogens with two attached hydrogens (primary N) is 1. The Morgan fingerprint density at radius 2 is 2.33 bits per heavy atom. The molecule has 0 aromatic heterocycles. The van der Waals surface area contributed by atoms with Gasteiger partial charge in [-0.1, -0.05) is 13.3 Å². The van der Waals surface area contributed by atoms with Crippen LogP contribution >= 0.6 is 0 Å². The second-order valence-corrected chi connectivity index (χ2v) is 4.27. The molecular formula is C11H23N3O. The van der Waals surface area contributed by atoms with Gasteiger partial charge in [-0.2, -0.15) is 0 Å². The fourth-order valence-corrected chi connectivity index (χ4v) is 2.11. The van der Waals surface area contributed by atoms with E-state index in [0.717, 1.165) is 32.4 Å². The SMILES string of the molecule is CCCCN1C(C)CCNC(=O)C1CN. The number of carbonyl (C=O) groups is 1. The lowest BCUT2D eigenvalue weighted by atomic mass is 10.1. The van der Waals surface area contributed by atoms with E-state index in [-0.39, 0.29) is 11.9 Å². The van der Waals surface area contributed by atoms with Crippen molar-refractivity contribution >= 4 is 5.91 Å². The first-order valence-corrected chi connectivity index (χ1v) is 5.94. The molecule has 4 heteroatoms. The van der Waals surface area contributed by atoms with Crippen LogP contribution in [-0.4, -0.2) is 42.5 Å². The summed E-state index contributed by atoms with van der Waals surface area (Å²) in [5, 5.41) is 2.92. The lowest BCUT2D eigenvalue weighted by Gasteiger charge is -2.32. The van der Waals surface area contributed by atoms with Crippen LogP contribution in [0.5, 0.6) is 0 Å². The Balaban J connectivity index is 2.67. The molecule has 0 saturated carbocycles. The van der Waals surface area contributed by atoms with Crippen molar-refractivity contribution in [1.82, 2.24) is 10.2 Å². The zero-order valence-corrected chi connectivity index (χ0v) is 9.83. The quantitative estimate of drug-likeness (QED) is 0.707. The van der Waals surface area contributed by atoms with Crippen LogP contribution < -0.4 is 11.1 Å². The standard InChI is InChI=1S/C11H23N3O/c1-3-4-7-14-9(2)5-6-13-11(15)10(14)8-12/h9-10H,3-8,12H2,1-2H3,(H,13,15). The number of hydrogen-bond donors (Lipinski definition) is 2. The largest absolute Gasteiger partial charge is 0.355 e. The van der Waals surface area contributed by atoms with E-state index in [9.17, 15) is 4.79 Å². The van der Waals surface area contributed by atoms with Crippen molar-refractivity contribution < 1.29 is 4.79 Å². The molecular weight excluding hydrogens is 190 g/mol. The zero-order chi connectivity index (χ0) is 11.3. The molecule has 1 fully saturated rings. The highest BCUT2D eigenvalue weighted by atomic mass is 16.2. The Morgan fingerprint density at radius 3 is 2.93 bits per heavy atom. The number of carbonyl (C=O) groups excluding carboxylic acids is 1. The van der Waals surface area contributed by atoms with Gasteiger partial charge in [-0.25, -0.2) is 0 Å². The number of nitrogens with one attached hydrogen (secondary N) is 1. The Morgan fingerprint density at radius 1 is 1.60 bits per heavy atom. The highest BCUT2D eigenvalue weighted by Gasteiger charge is 2.30. The van der Waals surface area contributed by atoms with Crippen LogP contribution in [0.15, 0.2) is 0 Å². The second kappa shape index (κ2) is 6.08. The molecule has 15 heavy (non-hydrogen) atoms. The lowest BCUT2D eigenvalue weighted by Crippen LogP contribution is -2.51. The third kappa shape index (κ3) is 3.18. The van der Waals surface area contributed by atoms with Gasteiger partial charge in [-0.05, 0) is 26.3 Å². The van der Waals surface area contributed by atoms with E-state index in [0.29, 0.717) is 12.6 Å². The highest BCUT2D eigenvalue weighted by molar-refractivity contribution is 5.82. The first-order valence-electron chi connectivity index (χ1n) is 5.94. The topological polar surface area (TPSA) is 58.4 Å². The summed E-state index contributed by atoms with van der Waals surface area (Å²) in [6.45, 7) is 6.52. The fraction of sp³-hybridized carbons (Fsp3) is 0.909. The predicted octanol–water partition coefficient (Wildman–Crippen LogP) is 0.324. The Hall–Kier alpha value is -0.610. The van der Waals surface area contributed by atoms with Gasteiger partial charge >= 0.3 is 0 Å². The van der Waals surface area contributed by atoms with Gasteiger partial charge in [0.25, 0.3) is 0 Å². The van der Waals surface area contributed by atoms with E-state index in [1.54, 1.807) is 0 Å². The second-order valence-electron chi connectivity index (χ2n) is 4.27. The molecule has 1 amide bonds. The summed E-state index contributed by atoms with van der Waals surface area (Å²) in [6, 6.07) is 0.318. The molecule has 1 aliphatic heterocycles. The van der Waals surface area contributed by atoms with Gasteiger partial charge in [0, 0.05) is 19.1 Å². The fourth-order valence-electron chi connectivity index (χ4n) is 2.11. The summed E-state index contributed by atoms with van der Waals surface area (Å²) >= 11 is 0. The highest BCUT2D eigenvalue weighted by Crippen LogP contribution is 2.13. The first kappa shape index (κ1) is 12.5. The molecule has 1 aliphatic rings. The van der Waals surface area contributed by atoms with Crippen molar-refractivity contribution in [3.05, 3.63) is 0 Å². The van der Waals surface area contributed by atoms with Crippen LogP contribution in [0.2, 0.25) is 0 Å². The van der Waals surface area contributed by atoms with E-state index in [4.69, 9.17) is 5.73 Å². The molecule has 0 aromatic carbocycles. The van der Waals surface area contributed by atoms with Gasteiger partial charge in [-0.15, -0.1) is 0 Å². The summed E-state index contributed by atoms with van der Waals surface area (Å²) in [6.07, 6.45) is 3.31. The maximum atomic E-state index is 11.7. The summed E-state index contributed by atoms with van der Waals surface area (Å²) in [7, 11) is 0. The monoisotopic (exact) mass is 213 g/mol. The average molecular weight is 213 g/mol. The van der Waals surface area contributed by atoms with E-state index < -0.39 is 0 Å².